The van der Waals surface area contributed by atoms with Gasteiger partial charge in [-0.2, -0.15) is 0 Å². The van der Waals surface area contributed by atoms with E-state index in [0.717, 1.165) is 13.1 Å². The lowest BCUT2D eigenvalue weighted by molar-refractivity contribution is 0.527. The van der Waals surface area contributed by atoms with E-state index >= 15 is 0 Å². The van der Waals surface area contributed by atoms with Crippen LogP contribution in [0.2, 0.25) is 0 Å². The molecule has 0 atom stereocenters. The van der Waals surface area contributed by atoms with Crippen LogP contribution in [0.3, 0.4) is 0 Å². The van der Waals surface area contributed by atoms with E-state index in [1.807, 2.05) is 6.92 Å². The third kappa shape index (κ3) is 3.54. The van der Waals surface area contributed by atoms with Gasteiger partial charge in [0.2, 0.25) is 0 Å². The topological polar surface area (TPSA) is 24.1 Å². The average Bonchev–Trinajstić information content (AvgIpc) is 2.28. The minimum atomic E-state index is -0.487. The zero-order chi connectivity index (χ0) is 12.0. The summed E-state index contributed by atoms with van der Waals surface area (Å²) in [6.45, 7) is 6.27. The first kappa shape index (κ1) is 13.1. The first-order chi connectivity index (χ1) is 7.66. The van der Waals surface area contributed by atoms with Gasteiger partial charge in [-0.1, -0.05) is 13.0 Å². The van der Waals surface area contributed by atoms with Crippen LogP contribution in [0.1, 0.15) is 18.1 Å². The van der Waals surface area contributed by atoms with E-state index in [-0.39, 0.29) is 12.1 Å². The molecule has 1 rings (SSSR count). The second-order valence-corrected chi connectivity index (χ2v) is 3.69. The molecule has 0 aromatic heterocycles. The van der Waals surface area contributed by atoms with Gasteiger partial charge < -0.3 is 10.6 Å². The van der Waals surface area contributed by atoms with E-state index in [1.165, 1.54) is 12.1 Å². The highest BCUT2D eigenvalue weighted by Gasteiger charge is 2.10. The summed E-state index contributed by atoms with van der Waals surface area (Å²) in [4.78, 5) is 0. The normalized spacial score (nSPS) is 10.8. The van der Waals surface area contributed by atoms with E-state index in [2.05, 4.69) is 10.6 Å². The van der Waals surface area contributed by atoms with E-state index in [1.54, 1.807) is 6.92 Å². The molecule has 16 heavy (non-hydrogen) atoms. The average molecular weight is 228 g/mol. The van der Waals surface area contributed by atoms with Crippen LogP contribution in [-0.4, -0.2) is 19.6 Å². The van der Waals surface area contributed by atoms with Gasteiger partial charge >= 0.3 is 0 Å². The van der Waals surface area contributed by atoms with Crippen molar-refractivity contribution in [3.63, 3.8) is 0 Å². The Morgan fingerprint density at radius 2 is 1.81 bits per heavy atom. The van der Waals surface area contributed by atoms with Gasteiger partial charge in [0.15, 0.2) is 0 Å². The third-order valence-corrected chi connectivity index (χ3v) is 2.41. The lowest BCUT2D eigenvalue weighted by atomic mass is 10.1. The number of benzene rings is 1. The summed E-state index contributed by atoms with van der Waals surface area (Å²) in [5, 5.41) is 6.13. The Morgan fingerprint density at radius 1 is 1.12 bits per heavy atom. The van der Waals surface area contributed by atoms with E-state index < -0.39 is 11.6 Å². The molecule has 1 aromatic carbocycles. The van der Waals surface area contributed by atoms with Gasteiger partial charge in [-0.25, -0.2) is 8.78 Å². The molecule has 4 heteroatoms. The SMILES string of the molecule is CCNCCNCc1c(F)ccc(C)c1F. The van der Waals surface area contributed by atoms with Crippen LogP contribution in [0.4, 0.5) is 8.78 Å². The molecule has 2 nitrogen and oxygen atoms in total. The molecular formula is C12H18F2N2. The van der Waals surface area contributed by atoms with Gasteiger partial charge in [0.05, 0.1) is 0 Å². The standard InChI is InChI=1S/C12H18F2N2/c1-3-15-6-7-16-8-10-11(13)5-4-9(2)12(10)14/h4-5,15-16H,3,6-8H2,1-2H3. The van der Waals surface area contributed by atoms with Crippen molar-refractivity contribution in [3.05, 3.63) is 34.9 Å². The van der Waals surface area contributed by atoms with Gasteiger partial charge in [-0.05, 0) is 25.1 Å². The Balaban J connectivity index is 2.50. The molecule has 0 radical (unpaired) electrons. The van der Waals surface area contributed by atoms with Crippen molar-refractivity contribution >= 4 is 0 Å². The van der Waals surface area contributed by atoms with Gasteiger partial charge in [0, 0.05) is 25.2 Å². The quantitative estimate of drug-likeness (QED) is 0.727. The Labute approximate surface area is 95.1 Å². The highest BCUT2D eigenvalue weighted by atomic mass is 19.1. The number of hydrogen-bond donors (Lipinski definition) is 2. The van der Waals surface area contributed by atoms with Crippen molar-refractivity contribution in [3.8, 4) is 0 Å². The van der Waals surface area contributed by atoms with Crippen LogP contribution >= 0.6 is 0 Å². The molecule has 0 fully saturated rings. The van der Waals surface area contributed by atoms with Crippen molar-refractivity contribution in [2.75, 3.05) is 19.6 Å². The van der Waals surface area contributed by atoms with Crippen molar-refractivity contribution in [1.29, 1.82) is 0 Å². The number of halogens is 2. The molecule has 0 amide bonds. The maximum absolute atomic E-state index is 13.5. The molecule has 2 N–H and O–H groups in total. The van der Waals surface area contributed by atoms with E-state index in [0.29, 0.717) is 12.1 Å². The minimum absolute atomic E-state index is 0.122. The van der Waals surface area contributed by atoms with Gasteiger partial charge in [-0.3, -0.25) is 0 Å². The molecule has 0 aliphatic rings. The summed E-state index contributed by atoms with van der Waals surface area (Å²) in [6.07, 6.45) is 0. The number of likely N-dealkylation sites (N-methyl/N-ethyl adjacent to an activating group) is 1. The van der Waals surface area contributed by atoms with Crippen molar-refractivity contribution < 1.29 is 8.78 Å². The van der Waals surface area contributed by atoms with Crippen molar-refractivity contribution in [2.45, 2.75) is 20.4 Å². The van der Waals surface area contributed by atoms with Crippen LogP contribution in [0.5, 0.6) is 0 Å². The fourth-order valence-electron chi connectivity index (χ4n) is 1.44. The predicted octanol–water partition coefficient (Wildman–Crippen LogP) is 1.97. The zero-order valence-corrected chi connectivity index (χ0v) is 9.74. The predicted molar refractivity (Wildman–Crippen MR) is 61.3 cm³/mol. The van der Waals surface area contributed by atoms with Crippen LogP contribution in [0.25, 0.3) is 0 Å². The first-order valence-electron chi connectivity index (χ1n) is 5.51. The largest absolute Gasteiger partial charge is 0.316 e. The van der Waals surface area contributed by atoms with Crippen LogP contribution in [0.15, 0.2) is 12.1 Å². The van der Waals surface area contributed by atoms with Crippen LogP contribution < -0.4 is 10.6 Å². The second-order valence-electron chi connectivity index (χ2n) is 3.69. The monoisotopic (exact) mass is 228 g/mol. The lowest BCUT2D eigenvalue weighted by Gasteiger charge is -2.09. The molecule has 0 unspecified atom stereocenters. The van der Waals surface area contributed by atoms with Gasteiger partial charge in [0.25, 0.3) is 0 Å². The number of nitrogens with one attached hydrogen (secondary N) is 2. The number of rotatable bonds is 6. The molecule has 1 aromatic rings. The Hall–Kier alpha value is -1.00. The number of aryl methyl sites for hydroxylation is 1. The summed E-state index contributed by atoms with van der Waals surface area (Å²) >= 11 is 0. The van der Waals surface area contributed by atoms with Gasteiger partial charge in [0.1, 0.15) is 11.6 Å². The summed E-state index contributed by atoms with van der Waals surface area (Å²) in [5.74, 6) is -0.935. The highest BCUT2D eigenvalue weighted by Crippen LogP contribution is 2.15. The van der Waals surface area contributed by atoms with Crippen molar-refractivity contribution in [1.82, 2.24) is 10.6 Å². The van der Waals surface area contributed by atoms with Gasteiger partial charge in [-0.15, -0.1) is 0 Å². The molecule has 0 saturated heterocycles. The lowest BCUT2D eigenvalue weighted by Crippen LogP contribution is -2.27. The number of hydrogen-bond acceptors (Lipinski definition) is 2. The third-order valence-electron chi connectivity index (χ3n) is 2.41. The molecule has 0 aliphatic carbocycles. The van der Waals surface area contributed by atoms with E-state index in [4.69, 9.17) is 0 Å². The molecular weight excluding hydrogens is 210 g/mol. The summed E-state index contributed by atoms with van der Waals surface area (Å²) in [7, 11) is 0. The summed E-state index contributed by atoms with van der Waals surface area (Å²) < 4.78 is 26.9. The van der Waals surface area contributed by atoms with Crippen molar-refractivity contribution in [2.24, 2.45) is 0 Å². The minimum Gasteiger partial charge on any atom is -0.316 e. The fraction of sp³-hybridized carbons (Fsp3) is 0.500. The molecule has 0 aliphatic heterocycles. The fourth-order valence-corrected chi connectivity index (χ4v) is 1.44. The summed E-state index contributed by atoms with van der Waals surface area (Å²) in [6, 6.07) is 2.76. The summed E-state index contributed by atoms with van der Waals surface area (Å²) in [5.41, 5.74) is 0.599. The Morgan fingerprint density at radius 3 is 2.50 bits per heavy atom. The maximum atomic E-state index is 13.5. The molecule has 0 saturated carbocycles. The highest BCUT2D eigenvalue weighted by molar-refractivity contribution is 5.26. The van der Waals surface area contributed by atoms with E-state index in [9.17, 15) is 8.78 Å². The maximum Gasteiger partial charge on any atom is 0.133 e. The second kappa shape index (κ2) is 6.55. The Kier molecular flexibility index (Phi) is 5.35. The molecule has 90 valence electrons. The Bertz CT molecular complexity index is 340. The van der Waals surface area contributed by atoms with Crippen LogP contribution in [-0.2, 0) is 6.54 Å². The molecule has 0 bridgehead atoms. The van der Waals surface area contributed by atoms with Crippen LogP contribution in [0, 0.1) is 18.6 Å². The zero-order valence-electron chi connectivity index (χ0n) is 9.74. The smallest absolute Gasteiger partial charge is 0.133 e. The molecule has 0 heterocycles. The first-order valence-corrected chi connectivity index (χ1v) is 5.51. The molecule has 0 spiro atoms.